The van der Waals surface area contributed by atoms with Crippen LogP contribution in [0.4, 0.5) is 11.5 Å². The van der Waals surface area contributed by atoms with Crippen LogP contribution >= 0.6 is 0 Å². The molecule has 0 atom stereocenters. The standard InChI is InChI=1S/C9H14N4O2/c1-2-10-5-6-11-8-3-4-9(12-7-8)13(14)15/h3-4,7,10-11H,2,5-6H2,1H3. The van der Waals surface area contributed by atoms with Crippen molar-refractivity contribution in [2.75, 3.05) is 25.0 Å². The molecule has 0 amide bonds. The Balaban J connectivity index is 2.39. The molecule has 1 aromatic heterocycles. The number of nitrogens with one attached hydrogen (secondary N) is 2. The smallest absolute Gasteiger partial charge is 0.363 e. The lowest BCUT2D eigenvalue weighted by Crippen LogP contribution is -2.21. The zero-order chi connectivity index (χ0) is 11.1. The first-order chi connectivity index (χ1) is 7.24. The summed E-state index contributed by atoms with van der Waals surface area (Å²) in [5, 5.41) is 16.6. The van der Waals surface area contributed by atoms with Gasteiger partial charge in [-0.05, 0) is 22.5 Å². The first-order valence-corrected chi connectivity index (χ1v) is 4.79. The highest BCUT2D eigenvalue weighted by Gasteiger charge is 2.05. The minimum absolute atomic E-state index is 0.132. The summed E-state index contributed by atoms with van der Waals surface area (Å²) in [4.78, 5) is 13.5. The van der Waals surface area contributed by atoms with E-state index in [0.717, 1.165) is 25.3 Å². The van der Waals surface area contributed by atoms with Gasteiger partial charge in [-0.25, -0.2) is 0 Å². The summed E-state index contributed by atoms with van der Waals surface area (Å²) in [5.41, 5.74) is 0.790. The maximum absolute atomic E-state index is 10.3. The van der Waals surface area contributed by atoms with Crippen molar-refractivity contribution in [2.45, 2.75) is 6.92 Å². The van der Waals surface area contributed by atoms with Crippen LogP contribution in [0.1, 0.15) is 6.92 Å². The lowest BCUT2D eigenvalue weighted by atomic mass is 10.4. The average Bonchev–Trinajstić information content (AvgIpc) is 2.25. The van der Waals surface area contributed by atoms with Gasteiger partial charge in [-0.15, -0.1) is 0 Å². The molecule has 0 aromatic carbocycles. The summed E-state index contributed by atoms with van der Waals surface area (Å²) < 4.78 is 0. The molecule has 0 saturated carbocycles. The van der Waals surface area contributed by atoms with Crippen LogP contribution in [-0.4, -0.2) is 29.5 Å². The summed E-state index contributed by atoms with van der Waals surface area (Å²) >= 11 is 0. The van der Waals surface area contributed by atoms with E-state index >= 15 is 0 Å². The topological polar surface area (TPSA) is 80.1 Å². The molecule has 0 radical (unpaired) electrons. The van der Waals surface area contributed by atoms with Gasteiger partial charge in [0.1, 0.15) is 0 Å². The molecule has 0 aliphatic heterocycles. The predicted molar refractivity (Wildman–Crippen MR) is 57.9 cm³/mol. The summed E-state index contributed by atoms with van der Waals surface area (Å²) in [6.45, 7) is 4.59. The van der Waals surface area contributed by atoms with Crippen LogP contribution in [0.5, 0.6) is 0 Å². The number of pyridine rings is 1. The molecule has 15 heavy (non-hydrogen) atoms. The van der Waals surface area contributed by atoms with Crippen LogP contribution in [0.25, 0.3) is 0 Å². The Labute approximate surface area is 87.9 Å². The van der Waals surface area contributed by atoms with Gasteiger partial charge in [-0.2, -0.15) is 0 Å². The van der Waals surface area contributed by atoms with Gasteiger partial charge < -0.3 is 20.7 Å². The third kappa shape index (κ3) is 3.90. The zero-order valence-electron chi connectivity index (χ0n) is 8.56. The number of nitro groups is 1. The average molecular weight is 210 g/mol. The second-order valence-electron chi connectivity index (χ2n) is 2.94. The van der Waals surface area contributed by atoms with E-state index in [2.05, 4.69) is 15.6 Å². The van der Waals surface area contributed by atoms with E-state index < -0.39 is 4.92 Å². The van der Waals surface area contributed by atoms with Crippen molar-refractivity contribution < 1.29 is 4.92 Å². The molecule has 1 rings (SSSR count). The Bertz CT molecular complexity index is 312. The highest BCUT2D eigenvalue weighted by atomic mass is 16.6. The maximum atomic E-state index is 10.3. The fraction of sp³-hybridized carbons (Fsp3) is 0.444. The molecular formula is C9H14N4O2. The molecule has 0 saturated heterocycles. The van der Waals surface area contributed by atoms with E-state index in [1.807, 2.05) is 6.92 Å². The quantitative estimate of drug-likeness (QED) is 0.416. The Morgan fingerprint density at radius 3 is 2.80 bits per heavy atom. The number of nitrogens with zero attached hydrogens (tertiary/aromatic N) is 2. The van der Waals surface area contributed by atoms with Crippen molar-refractivity contribution in [3.05, 3.63) is 28.4 Å². The SMILES string of the molecule is CCNCCNc1ccc([N+](=O)[O-])nc1. The lowest BCUT2D eigenvalue weighted by Gasteiger charge is -2.04. The van der Waals surface area contributed by atoms with E-state index in [1.165, 1.54) is 12.3 Å². The van der Waals surface area contributed by atoms with Gasteiger partial charge in [0.15, 0.2) is 6.20 Å². The second-order valence-corrected chi connectivity index (χ2v) is 2.94. The number of likely N-dealkylation sites (N-methyl/N-ethyl adjacent to an activating group) is 1. The molecule has 0 unspecified atom stereocenters. The molecule has 6 heteroatoms. The molecule has 1 heterocycles. The van der Waals surface area contributed by atoms with Crippen molar-refractivity contribution in [1.29, 1.82) is 0 Å². The van der Waals surface area contributed by atoms with Crippen molar-refractivity contribution in [2.24, 2.45) is 0 Å². The van der Waals surface area contributed by atoms with Crippen LogP contribution in [0.2, 0.25) is 0 Å². The summed E-state index contributed by atoms with van der Waals surface area (Å²) in [6.07, 6.45) is 1.46. The second kappa shape index (κ2) is 5.92. The van der Waals surface area contributed by atoms with E-state index in [9.17, 15) is 10.1 Å². The van der Waals surface area contributed by atoms with Crippen LogP contribution in [0.3, 0.4) is 0 Å². The van der Waals surface area contributed by atoms with Gasteiger partial charge in [-0.1, -0.05) is 6.92 Å². The Kier molecular flexibility index (Phi) is 4.49. The molecule has 0 aliphatic carbocycles. The maximum Gasteiger partial charge on any atom is 0.363 e. The number of anilines is 1. The fourth-order valence-electron chi connectivity index (χ4n) is 1.07. The highest BCUT2D eigenvalue weighted by molar-refractivity contribution is 5.43. The number of hydrogen-bond donors (Lipinski definition) is 2. The van der Waals surface area contributed by atoms with Crippen molar-refractivity contribution in [1.82, 2.24) is 10.3 Å². The molecule has 1 aromatic rings. The molecule has 0 fully saturated rings. The zero-order valence-corrected chi connectivity index (χ0v) is 8.56. The third-order valence-corrected chi connectivity index (χ3v) is 1.82. The van der Waals surface area contributed by atoms with Crippen molar-refractivity contribution in [3.63, 3.8) is 0 Å². The van der Waals surface area contributed by atoms with E-state index in [0.29, 0.717) is 0 Å². The molecule has 6 nitrogen and oxygen atoms in total. The van der Waals surface area contributed by atoms with Gasteiger partial charge in [-0.3, -0.25) is 0 Å². The van der Waals surface area contributed by atoms with Crippen molar-refractivity contribution in [3.8, 4) is 0 Å². The van der Waals surface area contributed by atoms with Crippen LogP contribution < -0.4 is 10.6 Å². The van der Waals surface area contributed by atoms with Crippen LogP contribution in [0, 0.1) is 10.1 Å². The molecule has 0 bridgehead atoms. The third-order valence-electron chi connectivity index (χ3n) is 1.82. The van der Waals surface area contributed by atoms with Gasteiger partial charge in [0.2, 0.25) is 0 Å². The molecule has 0 aliphatic rings. The normalized spacial score (nSPS) is 9.93. The summed E-state index contributed by atoms with van der Waals surface area (Å²) in [7, 11) is 0. The van der Waals surface area contributed by atoms with Gasteiger partial charge >= 0.3 is 5.82 Å². The van der Waals surface area contributed by atoms with E-state index in [4.69, 9.17) is 0 Å². The minimum Gasteiger partial charge on any atom is -0.381 e. The number of rotatable bonds is 6. The predicted octanol–water partition coefficient (Wildman–Crippen LogP) is 1.01. The van der Waals surface area contributed by atoms with E-state index in [-0.39, 0.29) is 5.82 Å². The van der Waals surface area contributed by atoms with Crippen LogP contribution in [-0.2, 0) is 0 Å². The van der Waals surface area contributed by atoms with Gasteiger partial charge in [0.25, 0.3) is 0 Å². The highest BCUT2D eigenvalue weighted by Crippen LogP contribution is 2.10. The summed E-state index contributed by atoms with van der Waals surface area (Å²) in [6, 6.07) is 3.03. The van der Waals surface area contributed by atoms with Gasteiger partial charge in [0, 0.05) is 19.2 Å². The molecule has 2 N–H and O–H groups in total. The number of hydrogen-bond acceptors (Lipinski definition) is 5. The fourth-order valence-corrected chi connectivity index (χ4v) is 1.07. The lowest BCUT2D eigenvalue weighted by molar-refractivity contribution is -0.389. The Morgan fingerprint density at radius 2 is 2.27 bits per heavy atom. The van der Waals surface area contributed by atoms with Crippen molar-refractivity contribution >= 4 is 11.5 Å². The first kappa shape index (κ1) is 11.4. The molecule has 0 spiro atoms. The first-order valence-electron chi connectivity index (χ1n) is 4.79. The monoisotopic (exact) mass is 210 g/mol. The van der Waals surface area contributed by atoms with Crippen LogP contribution in [0.15, 0.2) is 18.3 Å². The Morgan fingerprint density at radius 1 is 1.47 bits per heavy atom. The molecule has 82 valence electrons. The Hall–Kier alpha value is -1.69. The largest absolute Gasteiger partial charge is 0.381 e. The van der Waals surface area contributed by atoms with Gasteiger partial charge in [0.05, 0.1) is 5.69 Å². The number of aromatic nitrogens is 1. The molecular weight excluding hydrogens is 196 g/mol. The minimum atomic E-state index is -0.511. The summed E-state index contributed by atoms with van der Waals surface area (Å²) in [5.74, 6) is -0.132. The van der Waals surface area contributed by atoms with E-state index in [1.54, 1.807) is 6.07 Å².